The lowest BCUT2D eigenvalue weighted by molar-refractivity contribution is 0.634. The summed E-state index contributed by atoms with van der Waals surface area (Å²) in [4.78, 5) is 0. The Balaban J connectivity index is 2.39. The normalized spacial score (nSPS) is 28.7. The summed E-state index contributed by atoms with van der Waals surface area (Å²) in [6, 6.07) is 0.394. The minimum Gasteiger partial charge on any atom is -0.325 e. The number of rotatable bonds is 0. The molecule has 2 rings (SSSR count). The van der Waals surface area contributed by atoms with Crippen molar-refractivity contribution < 1.29 is 0 Å². The number of allylic oxidation sites excluding steroid dienone is 3. The van der Waals surface area contributed by atoms with Gasteiger partial charge >= 0.3 is 0 Å². The van der Waals surface area contributed by atoms with E-state index in [9.17, 15) is 0 Å². The van der Waals surface area contributed by atoms with Gasteiger partial charge in [0.1, 0.15) is 0 Å². The van der Waals surface area contributed by atoms with Gasteiger partial charge in [-0.2, -0.15) is 0 Å². The van der Waals surface area contributed by atoms with E-state index in [0.29, 0.717) is 6.04 Å². The third-order valence-electron chi connectivity index (χ3n) is 1.87. The van der Waals surface area contributed by atoms with Gasteiger partial charge in [-0.05, 0) is 12.5 Å². The van der Waals surface area contributed by atoms with Crippen molar-refractivity contribution in [1.29, 1.82) is 0 Å². The van der Waals surface area contributed by atoms with Crippen LogP contribution in [-0.4, -0.2) is 6.04 Å². The summed E-state index contributed by atoms with van der Waals surface area (Å²) in [5.41, 5.74) is 8.81. The monoisotopic (exact) mass is 134 g/mol. The van der Waals surface area contributed by atoms with Crippen molar-refractivity contribution in [2.24, 2.45) is 0 Å². The van der Waals surface area contributed by atoms with Crippen LogP contribution < -0.4 is 10.9 Å². The smallest absolute Gasteiger partial charge is 0.0710 e. The molecular formula is C8H10N2. The van der Waals surface area contributed by atoms with Crippen LogP contribution in [0.15, 0.2) is 35.6 Å². The van der Waals surface area contributed by atoms with E-state index in [1.54, 1.807) is 0 Å². The van der Waals surface area contributed by atoms with Crippen molar-refractivity contribution in [3.05, 3.63) is 35.6 Å². The van der Waals surface area contributed by atoms with E-state index < -0.39 is 0 Å². The van der Waals surface area contributed by atoms with E-state index in [0.717, 1.165) is 0 Å². The largest absolute Gasteiger partial charge is 0.325 e. The van der Waals surface area contributed by atoms with Crippen molar-refractivity contribution >= 4 is 0 Å². The summed E-state index contributed by atoms with van der Waals surface area (Å²) < 4.78 is 0. The Morgan fingerprint density at radius 3 is 3.10 bits per heavy atom. The third kappa shape index (κ3) is 0.693. The Labute approximate surface area is 60.3 Å². The van der Waals surface area contributed by atoms with Crippen LogP contribution in [0.3, 0.4) is 0 Å². The molecule has 52 valence electrons. The second-order valence-electron chi connectivity index (χ2n) is 2.57. The predicted molar refractivity (Wildman–Crippen MR) is 41.0 cm³/mol. The Bertz CT molecular complexity index is 236. The fraction of sp³-hybridized carbons (Fsp3) is 0.250. The topological polar surface area (TPSA) is 24.1 Å². The van der Waals surface area contributed by atoms with Gasteiger partial charge in [-0.15, -0.1) is 0 Å². The second-order valence-corrected chi connectivity index (χ2v) is 2.57. The average molecular weight is 134 g/mol. The fourth-order valence-electron chi connectivity index (χ4n) is 1.28. The molecule has 0 saturated carbocycles. The molecule has 1 heterocycles. The van der Waals surface area contributed by atoms with Crippen LogP contribution >= 0.6 is 0 Å². The maximum Gasteiger partial charge on any atom is 0.0710 e. The van der Waals surface area contributed by atoms with E-state index in [1.165, 1.54) is 11.3 Å². The maximum atomic E-state index is 3.15. The molecule has 2 nitrogen and oxygen atoms in total. The molecular weight excluding hydrogens is 124 g/mol. The lowest BCUT2D eigenvalue weighted by Crippen LogP contribution is -2.31. The molecule has 10 heavy (non-hydrogen) atoms. The molecule has 0 saturated heterocycles. The molecule has 2 N–H and O–H groups in total. The third-order valence-corrected chi connectivity index (χ3v) is 1.87. The maximum absolute atomic E-state index is 3.15. The molecule has 1 unspecified atom stereocenters. The van der Waals surface area contributed by atoms with Gasteiger partial charge in [0.2, 0.25) is 0 Å². The molecule has 1 atom stereocenters. The summed E-state index contributed by atoms with van der Waals surface area (Å²) in [5.74, 6) is 0. The quantitative estimate of drug-likeness (QED) is 0.513. The fourth-order valence-corrected chi connectivity index (χ4v) is 1.28. The van der Waals surface area contributed by atoms with Crippen LogP contribution in [0.25, 0.3) is 0 Å². The highest BCUT2D eigenvalue weighted by molar-refractivity contribution is 5.41. The first kappa shape index (κ1) is 5.74. The number of hydrazine groups is 1. The van der Waals surface area contributed by atoms with Crippen LogP contribution in [0.2, 0.25) is 0 Å². The standard InChI is InChI=1S/C8H10N2/c1-6-7-4-2-3-5-8(7)10-9-6/h2-5,8-10H,1H3. The Kier molecular flexibility index (Phi) is 1.14. The molecule has 0 aromatic rings. The van der Waals surface area contributed by atoms with Gasteiger partial charge in [0, 0.05) is 5.70 Å². The van der Waals surface area contributed by atoms with Crippen LogP contribution in [-0.2, 0) is 0 Å². The van der Waals surface area contributed by atoms with Gasteiger partial charge in [-0.1, -0.05) is 24.3 Å². The van der Waals surface area contributed by atoms with Crippen molar-refractivity contribution in [1.82, 2.24) is 10.9 Å². The molecule has 0 spiro atoms. The van der Waals surface area contributed by atoms with Crippen LogP contribution in [0.5, 0.6) is 0 Å². The van der Waals surface area contributed by atoms with E-state index >= 15 is 0 Å². The van der Waals surface area contributed by atoms with E-state index in [2.05, 4.69) is 42.1 Å². The highest BCUT2D eigenvalue weighted by atomic mass is 15.4. The summed E-state index contributed by atoms with van der Waals surface area (Å²) in [6.07, 6.45) is 8.39. The summed E-state index contributed by atoms with van der Waals surface area (Å²) in [7, 11) is 0. The highest BCUT2D eigenvalue weighted by Gasteiger charge is 2.18. The molecule has 1 aliphatic carbocycles. The van der Waals surface area contributed by atoms with Gasteiger partial charge in [-0.3, -0.25) is 0 Å². The lowest BCUT2D eigenvalue weighted by Gasteiger charge is -2.08. The molecule has 0 fully saturated rings. The minimum absolute atomic E-state index is 0.394. The summed E-state index contributed by atoms with van der Waals surface area (Å²) in [5, 5.41) is 0. The first-order valence-corrected chi connectivity index (χ1v) is 3.45. The SMILES string of the molecule is CC1=C2C=CC=CC2NN1. The van der Waals surface area contributed by atoms with Crippen molar-refractivity contribution in [2.75, 3.05) is 0 Å². The van der Waals surface area contributed by atoms with Crippen molar-refractivity contribution in [3.8, 4) is 0 Å². The minimum atomic E-state index is 0.394. The first-order valence-electron chi connectivity index (χ1n) is 3.45. The zero-order chi connectivity index (χ0) is 6.97. The first-order chi connectivity index (χ1) is 4.88. The zero-order valence-corrected chi connectivity index (χ0v) is 5.89. The van der Waals surface area contributed by atoms with Gasteiger partial charge < -0.3 is 5.43 Å². The van der Waals surface area contributed by atoms with E-state index in [4.69, 9.17) is 0 Å². The number of nitrogens with one attached hydrogen (secondary N) is 2. The Hall–Kier alpha value is -1.02. The van der Waals surface area contributed by atoms with Crippen molar-refractivity contribution in [2.45, 2.75) is 13.0 Å². The highest BCUT2D eigenvalue weighted by Crippen LogP contribution is 2.17. The Morgan fingerprint density at radius 1 is 1.40 bits per heavy atom. The predicted octanol–water partition coefficient (Wildman–Crippen LogP) is 0.863. The molecule has 2 aliphatic rings. The van der Waals surface area contributed by atoms with E-state index in [1.807, 2.05) is 0 Å². The molecule has 2 heteroatoms. The molecule has 0 radical (unpaired) electrons. The number of hydrogen-bond donors (Lipinski definition) is 2. The van der Waals surface area contributed by atoms with Gasteiger partial charge in [0.25, 0.3) is 0 Å². The van der Waals surface area contributed by atoms with Gasteiger partial charge in [0.15, 0.2) is 0 Å². The van der Waals surface area contributed by atoms with Crippen LogP contribution in [0.4, 0.5) is 0 Å². The van der Waals surface area contributed by atoms with Crippen LogP contribution in [0.1, 0.15) is 6.92 Å². The average Bonchev–Trinajstić information content (AvgIpc) is 2.34. The number of fused-ring (bicyclic) bond motifs is 1. The lowest BCUT2D eigenvalue weighted by atomic mass is 10.0. The number of hydrogen-bond acceptors (Lipinski definition) is 2. The molecule has 0 bridgehead atoms. The van der Waals surface area contributed by atoms with Gasteiger partial charge in [-0.25, -0.2) is 5.43 Å². The Morgan fingerprint density at radius 2 is 2.30 bits per heavy atom. The van der Waals surface area contributed by atoms with E-state index in [-0.39, 0.29) is 0 Å². The van der Waals surface area contributed by atoms with Crippen LogP contribution in [0, 0.1) is 0 Å². The molecule has 0 aromatic heterocycles. The van der Waals surface area contributed by atoms with Gasteiger partial charge in [0.05, 0.1) is 6.04 Å². The molecule has 1 aliphatic heterocycles. The molecule has 0 amide bonds. The van der Waals surface area contributed by atoms with Crippen molar-refractivity contribution in [3.63, 3.8) is 0 Å². The molecule has 0 aromatic carbocycles. The zero-order valence-electron chi connectivity index (χ0n) is 5.89. The second kappa shape index (κ2) is 1.99. The summed E-state index contributed by atoms with van der Waals surface area (Å²) in [6.45, 7) is 2.08. The summed E-state index contributed by atoms with van der Waals surface area (Å²) >= 11 is 0.